The first kappa shape index (κ1) is 20.0. The van der Waals surface area contributed by atoms with Crippen LogP contribution in [-0.4, -0.2) is 26.4 Å². The maximum absolute atomic E-state index is 12.2. The lowest BCUT2D eigenvalue weighted by Gasteiger charge is -2.08. The Morgan fingerprint density at radius 2 is 1.90 bits per heavy atom. The van der Waals surface area contributed by atoms with E-state index < -0.39 is 0 Å². The van der Waals surface area contributed by atoms with E-state index in [4.69, 9.17) is 11.6 Å². The first-order valence-electron chi connectivity index (χ1n) is 9.77. The number of carbonyl (C=O) groups is 1. The Morgan fingerprint density at radius 1 is 1.14 bits per heavy atom. The number of aromatic nitrogens is 3. The van der Waals surface area contributed by atoms with E-state index in [9.17, 15) is 4.79 Å². The third-order valence-electron chi connectivity index (χ3n) is 5.15. The van der Waals surface area contributed by atoms with Crippen molar-refractivity contribution in [3.8, 4) is 0 Å². The number of nitrogens with one attached hydrogen (secondary N) is 1. The number of hydrogen-bond acceptors (Lipinski definition) is 4. The molecule has 29 heavy (non-hydrogen) atoms. The fraction of sp³-hybridized carbons (Fsp3) is 0.318. The van der Waals surface area contributed by atoms with Crippen molar-refractivity contribution in [2.45, 2.75) is 43.4 Å². The molecule has 1 heterocycles. The second kappa shape index (κ2) is 9.01. The van der Waals surface area contributed by atoms with Crippen LogP contribution >= 0.6 is 23.4 Å². The molecule has 0 spiro atoms. The van der Waals surface area contributed by atoms with Crippen LogP contribution in [0.1, 0.15) is 42.1 Å². The highest BCUT2D eigenvalue weighted by Gasteiger charge is 2.43. The first-order chi connectivity index (χ1) is 14.2. The third-order valence-corrected chi connectivity index (χ3v) is 6.37. The minimum Gasteiger partial charge on any atom is -0.351 e. The second-order valence-electron chi connectivity index (χ2n) is 7.14. The molecule has 1 saturated carbocycles. The van der Waals surface area contributed by atoms with E-state index in [0.29, 0.717) is 29.2 Å². The summed E-state index contributed by atoms with van der Waals surface area (Å²) < 4.78 is 2.14. The summed E-state index contributed by atoms with van der Waals surface area (Å²) >= 11 is 7.32. The number of amides is 1. The zero-order valence-corrected chi connectivity index (χ0v) is 17.8. The first-order valence-corrected chi connectivity index (χ1v) is 11.1. The maximum Gasteiger partial charge on any atom is 0.230 e. The standard InChI is InChI=1S/C22H23ClN4OS/c1-2-27-21(19-12-18(19)16-6-4-3-5-7-16)25-26-22(27)29-14-20(28)24-13-15-8-10-17(23)11-9-15/h3-11,18-19H,2,12-14H2,1H3,(H,24,28). The average molecular weight is 427 g/mol. The monoisotopic (exact) mass is 426 g/mol. The molecule has 1 fully saturated rings. The highest BCUT2D eigenvalue weighted by atomic mass is 35.5. The number of carbonyl (C=O) groups excluding carboxylic acids is 1. The molecule has 2 unspecified atom stereocenters. The number of benzene rings is 2. The molecule has 1 aliphatic carbocycles. The molecule has 4 rings (SSSR count). The van der Waals surface area contributed by atoms with E-state index in [1.807, 2.05) is 30.3 Å². The van der Waals surface area contributed by atoms with Crippen LogP contribution in [0.3, 0.4) is 0 Å². The van der Waals surface area contributed by atoms with Gasteiger partial charge in [0.15, 0.2) is 5.16 Å². The quantitative estimate of drug-likeness (QED) is 0.533. The molecule has 7 heteroatoms. The van der Waals surface area contributed by atoms with Crippen LogP contribution in [0.15, 0.2) is 59.8 Å². The molecule has 0 radical (unpaired) electrons. The fourth-order valence-corrected chi connectivity index (χ4v) is 4.48. The molecule has 5 nitrogen and oxygen atoms in total. The van der Waals surface area contributed by atoms with E-state index in [0.717, 1.165) is 29.5 Å². The van der Waals surface area contributed by atoms with Crippen molar-refractivity contribution < 1.29 is 4.79 Å². The van der Waals surface area contributed by atoms with Gasteiger partial charge in [-0.05, 0) is 42.5 Å². The molecule has 3 aromatic rings. The summed E-state index contributed by atoms with van der Waals surface area (Å²) in [5.74, 6) is 2.26. The van der Waals surface area contributed by atoms with Crippen molar-refractivity contribution in [3.63, 3.8) is 0 Å². The molecular weight excluding hydrogens is 404 g/mol. The number of nitrogens with zero attached hydrogens (tertiary/aromatic N) is 3. The molecule has 0 bridgehead atoms. The zero-order valence-electron chi connectivity index (χ0n) is 16.2. The summed E-state index contributed by atoms with van der Waals surface area (Å²) in [4.78, 5) is 12.2. The van der Waals surface area contributed by atoms with Crippen molar-refractivity contribution in [3.05, 3.63) is 76.6 Å². The predicted octanol–water partition coefficient (Wildman–Crippen LogP) is 4.63. The van der Waals surface area contributed by atoms with Crippen molar-refractivity contribution in [1.82, 2.24) is 20.1 Å². The van der Waals surface area contributed by atoms with E-state index in [-0.39, 0.29) is 5.91 Å². The Hall–Kier alpha value is -2.31. The second-order valence-corrected chi connectivity index (χ2v) is 8.52. The van der Waals surface area contributed by atoms with E-state index in [1.54, 1.807) is 0 Å². The molecule has 1 aromatic heterocycles. The number of thioether (sulfide) groups is 1. The molecule has 2 atom stereocenters. The van der Waals surface area contributed by atoms with Gasteiger partial charge in [0.2, 0.25) is 5.91 Å². The molecule has 0 aliphatic heterocycles. The van der Waals surface area contributed by atoms with Gasteiger partial charge in [-0.1, -0.05) is 65.8 Å². The summed E-state index contributed by atoms with van der Waals surface area (Å²) in [5, 5.41) is 13.2. The van der Waals surface area contributed by atoms with Gasteiger partial charge >= 0.3 is 0 Å². The summed E-state index contributed by atoms with van der Waals surface area (Å²) in [6.45, 7) is 3.38. The minimum absolute atomic E-state index is 0.0225. The van der Waals surface area contributed by atoms with Gasteiger partial charge < -0.3 is 9.88 Å². The van der Waals surface area contributed by atoms with Gasteiger partial charge in [0.05, 0.1) is 5.75 Å². The van der Waals surface area contributed by atoms with Crippen molar-refractivity contribution in [2.75, 3.05) is 5.75 Å². The van der Waals surface area contributed by atoms with E-state index >= 15 is 0 Å². The molecular formula is C22H23ClN4OS. The van der Waals surface area contributed by atoms with Crippen LogP contribution in [0.5, 0.6) is 0 Å². The van der Waals surface area contributed by atoms with Crippen LogP contribution in [-0.2, 0) is 17.9 Å². The Bertz CT molecular complexity index is 974. The minimum atomic E-state index is -0.0225. The van der Waals surface area contributed by atoms with Crippen LogP contribution in [0.25, 0.3) is 0 Å². The molecule has 1 N–H and O–H groups in total. The molecule has 1 amide bonds. The van der Waals surface area contributed by atoms with Crippen LogP contribution < -0.4 is 5.32 Å². The van der Waals surface area contributed by atoms with Gasteiger partial charge in [0.1, 0.15) is 5.82 Å². The highest BCUT2D eigenvalue weighted by molar-refractivity contribution is 7.99. The lowest BCUT2D eigenvalue weighted by atomic mass is 10.1. The maximum atomic E-state index is 12.2. The van der Waals surface area contributed by atoms with Crippen molar-refractivity contribution in [2.24, 2.45) is 0 Å². The van der Waals surface area contributed by atoms with Gasteiger partial charge in [-0.15, -0.1) is 10.2 Å². The summed E-state index contributed by atoms with van der Waals surface area (Å²) in [7, 11) is 0. The Labute approximate surface area is 179 Å². The lowest BCUT2D eigenvalue weighted by molar-refractivity contribution is -0.118. The van der Waals surface area contributed by atoms with Crippen molar-refractivity contribution in [1.29, 1.82) is 0 Å². The number of halogens is 1. The van der Waals surface area contributed by atoms with E-state index in [2.05, 4.69) is 51.3 Å². The van der Waals surface area contributed by atoms with Gasteiger partial charge in [0.25, 0.3) is 0 Å². The number of rotatable bonds is 8. The van der Waals surface area contributed by atoms with Crippen LogP contribution in [0.2, 0.25) is 5.02 Å². The third kappa shape index (κ3) is 4.82. The highest BCUT2D eigenvalue weighted by Crippen LogP contribution is 2.54. The Kier molecular flexibility index (Phi) is 6.21. The SMILES string of the molecule is CCn1c(SCC(=O)NCc2ccc(Cl)cc2)nnc1C1CC1c1ccccc1. The van der Waals surface area contributed by atoms with Gasteiger partial charge in [-0.2, -0.15) is 0 Å². The smallest absolute Gasteiger partial charge is 0.230 e. The summed E-state index contributed by atoms with van der Waals surface area (Å²) in [6, 6.07) is 18.0. The van der Waals surface area contributed by atoms with Gasteiger partial charge in [-0.25, -0.2) is 0 Å². The average Bonchev–Trinajstić information content (AvgIpc) is 3.44. The van der Waals surface area contributed by atoms with E-state index in [1.165, 1.54) is 17.3 Å². The zero-order chi connectivity index (χ0) is 20.2. The van der Waals surface area contributed by atoms with Crippen LogP contribution in [0, 0.1) is 0 Å². The summed E-state index contributed by atoms with van der Waals surface area (Å²) in [5.41, 5.74) is 2.38. The lowest BCUT2D eigenvalue weighted by Crippen LogP contribution is -2.24. The molecule has 2 aromatic carbocycles. The molecule has 1 aliphatic rings. The van der Waals surface area contributed by atoms with Gasteiger partial charge in [0, 0.05) is 24.0 Å². The topological polar surface area (TPSA) is 59.8 Å². The normalized spacial score (nSPS) is 17.9. The Balaban J connectivity index is 1.32. The largest absolute Gasteiger partial charge is 0.351 e. The summed E-state index contributed by atoms with van der Waals surface area (Å²) in [6.07, 6.45) is 1.11. The fourth-order valence-electron chi connectivity index (χ4n) is 3.51. The molecule has 0 saturated heterocycles. The number of hydrogen-bond donors (Lipinski definition) is 1. The van der Waals surface area contributed by atoms with Crippen molar-refractivity contribution >= 4 is 29.3 Å². The Morgan fingerprint density at radius 3 is 2.62 bits per heavy atom. The predicted molar refractivity (Wildman–Crippen MR) is 116 cm³/mol. The molecule has 150 valence electrons. The van der Waals surface area contributed by atoms with Gasteiger partial charge in [-0.3, -0.25) is 4.79 Å². The van der Waals surface area contributed by atoms with Crippen LogP contribution in [0.4, 0.5) is 0 Å².